The Morgan fingerprint density at radius 1 is 1.28 bits per heavy atom. The summed E-state index contributed by atoms with van der Waals surface area (Å²) in [5.74, 6) is 0. The lowest BCUT2D eigenvalue weighted by Gasteiger charge is -2.11. The van der Waals surface area contributed by atoms with E-state index in [4.69, 9.17) is 11.6 Å². The molecule has 0 aliphatic carbocycles. The topological polar surface area (TPSA) is 24.9 Å². The highest BCUT2D eigenvalue weighted by atomic mass is 79.9. The molecule has 0 aliphatic heterocycles. The standard InChI is InChI=1S/C14H14BrClN2/c1-9-4-3-5-17-14(9)8-18-13-7-12(16)10(2)6-11(13)15/h3-7,18H,8H2,1-2H3. The molecule has 1 aromatic carbocycles. The lowest BCUT2D eigenvalue weighted by molar-refractivity contribution is 1.02. The minimum atomic E-state index is 0.685. The predicted octanol–water partition coefficient (Wildman–Crippen LogP) is 4.73. The zero-order chi connectivity index (χ0) is 13.1. The van der Waals surface area contributed by atoms with Crippen molar-refractivity contribution in [1.82, 2.24) is 4.98 Å². The van der Waals surface area contributed by atoms with Gasteiger partial charge >= 0.3 is 0 Å². The van der Waals surface area contributed by atoms with Crippen LogP contribution in [0.25, 0.3) is 0 Å². The van der Waals surface area contributed by atoms with E-state index in [1.54, 1.807) is 6.20 Å². The Morgan fingerprint density at radius 3 is 2.78 bits per heavy atom. The summed E-state index contributed by atoms with van der Waals surface area (Å²) in [5, 5.41) is 4.11. The van der Waals surface area contributed by atoms with Crippen LogP contribution in [0.2, 0.25) is 5.02 Å². The molecule has 0 fully saturated rings. The molecular weight excluding hydrogens is 312 g/mol. The van der Waals surface area contributed by atoms with Gasteiger partial charge in [0.2, 0.25) is 0 Å². The first-order valence-corrected chi connectivity index (χ1v) is 6.85. The minimum Gasteiger partial charge on any atom is -0.378 e. The number of benzene rings is 1. The Hall–Kier alpha value is -1.06. The number of rotatable bonds is 3. The summed E-state index contributed by atoms with van der Waals surface area (Å²) in [6.07, 6.45) is 1.81. The molecular formula is C14H14BrClN2. The average molecular weight is 326 g/mol. The smallest absolute Gasteiger partial charge is 0.0623 e. The third-order valence-electron chi connectivity index (χ3n) is 2.81. The highest BCUT2D eigenvalue weighted by molar-refractivity contribution is 9.10. The van der Waals surface area contributed by atoms with Crippen LogP contribution in [0.5, 0.6) is 0 Å². The first-order chi connectivity index (χ1) is 8.58. The van der Waals surface area contributed by atoms with Crippen molar-refractivity contribution < 1.29 is 0 Å². The number of halogens is 2. The third-order valence-corrected chi connectivity index (χ3v) is 3.88. The Morgan fingerprint density at radius 2 is 2.06 bits per heavy atom. The van der Waals surface area contributed by atoms with Crippen LogP contribution in [-0.4, -0.2) is 4.98 Å². The number of aryl methyl sites for hydroxylation is 2. The van der Waals surface area contributed by atoms with Gasteiger partial charge in [-0.2, -0.15) is 0 Å². The molecule has 2 nitrogen and oxygen atoms in total. The second-order valence-corrected chi connectivity index (χ2v) is 5.46. The maximum Gasteiger partial charge on any atom is 0.0623 e. The van der Waals surface area contributed by atoms with E-state index in [1.807, 2.05) is 25.1 Å². The number of anilines is 1. The fraction of sp³-hybridized carbons (Fsp3) is 0.214. The molecule has 2 aromatic rings. The van der Waals surface area contributed by atoms with E-state index in [9.17, 15) is 0 Å². The van der Waals surface area contributed by atoms with Crippen molar-refractivity contribution >= 4 is 33.2 Å². The molecule has 18 heavy (non-hydrogen) atoms. The van der Waals surface area contributed by atoms with Crippen molar-refractivity contribution in [2.75, 3.05) is 5.32 Å². The van der Waals surface area contributed by atoms with Crippen LogP contribution in [0.3, 0.4) is 0 Å². The molecule has 0 saturated carbocycles. The van der Waals surface area contributed by atoms with Crippen molar-refractivity contribution in [2.45, 2.75) is 20.4 Å². The molecule has 2 rings (SSSR count). The van der Waals surface area contributed by atoms with Crippen LogP contribution in [0, 0.1) is 13.8 Å². The van der Waals surface area contributed by atoms with Gasteiger partial charge in [0.25, 0.3) is 0 Å². The van der Waals surface area contributed by atoms with Crippen LogP contribution in [0.1, 0.15) is 16.8 Å². The number of nitrogens with one attached hydrogen (secondary N) is 1. The molecule has 0 spiro atoms. The molecule has 0 aliphatic rings. The maximum atomic E-state index is 6.12. The second-order valence-electron chi connectivity index (χ2n) is 4.20. The van der Waals surface area contributed by atoms with Gasteiger partial charge in [-0.3, -0.25) is 4.98 Å². The van der Waals surface area contributed by atoms with Gasteiger partial charge in [-0.25, -0.2) is 0 Å². The maximum absolute atomic E-state index is 6.12. The molecule has 0 bridgehead atoms. The summed E-state index contributed by atoms with van der Waals surface area (Å²) in [6.45, 7) is 4.73. The van der Waals surface area contributed by atoms with Gasteiger partial charge in [0.05, 0.1) is 17.9 Å². The van der Waals surface area contributed by atoms with Crippen molar-refractivity contribution in [3.63, 3.8) is 0 Å². The minimum absolute atomic E-state index is 0.685. The number of pyridine rings is 1. The van der Waals surface area contributed by atoms with Crippen LogP contribution in [0.15, 0.2) is 34.9 Å². The van der Waals surface area contributed by atoms with E-state index in [2.05, 4.69) is 39.2 Å². The van der Waals surface area contributed by atoms with Gasteiger partial charge in [0, 0.05) is 15.7 Å². The molecule has 1 aromatic heterocycles. The molecule has 0 atom stereocenters. The summed E-state index contributed by atoms with van der Waals surface area (Å²) in [4.78, 5) is 4.35. The van der Waals surface area contributed by atoms with E-state index in [0.29, 0.717) is 6.54 Å². The zero-order valence-electron chi connectivity index (χ0n) is 10.3. The van der Waals surface area contributed by atoms with Gasteiger partial charge in [-0.1, -0.05) is 17.7 Å². The first kappa shape index (κ1) is 13.4. The number of hydrogen-bond acceptors (Lipinski definition) is 2. The Bertz CT molecular complexity index is 570. The summed E-state index contributed by atoms with van der Waals surface area (Å²) in [5.41, 5.74) is 4.26. The summed E-state index contributed by atoms with van der Waals surface area (Å²) in [7, 11) is 0. The fourth-order valence-corrected chi connectivity index (χ4v) is 2.43. The first-order valence-electron chi connectivity index (χ1n) is 5.68. The van der Waals surface area contributed by atoms with E-state index < -0.39 is 0 Å². The number of hydrogen-bond donors (Lipinski definition) is 1. The monoisotopic (exact) mass is 324 g/mol. The van der Waals surface area contributed by atoms with Crippen LogP contribution >= 0.6 is 27.5 Å². The molecule has 0 radical (unpaired) electrons. The summed E-state index contributed by atoms with van der Waals surface area (Å²) >= 11 is 9.65. The zero-order valence-corrected chi connectivity index (χ0v) is 12.6. The SMILES string of the molecule is Cc1cc(Br)c(NCc2ncccc2C)cc1Cl. The van der Waals surface area contributed by atoms with Crippen LogP contribution in [0.4, 0.5) is 5.69 Å². The average Bonchev–Trinajstić information content (AvgIpc) is 2.34. The van der Waals surface area contributed by atoms with Crippen LogP contribution in [-0.2, 0) is 6.54 Å². The van der Waals surface area contributed by atoms with Crippen molar-refractivity contribution in [1.29, 1.82) is 0 Å². The molecule has 0 amide bonds. The highest BCUT2D eigenvalue weighted by Gasteiger charge is 2.05. The number of nitrogens with zero attached hydrogens (tertiary/aromatic N) is 1. The largest absolute Gasteiger partial charge is 0.378 e. The van der Waals surface area contributed by atoms with Crippen molar-refractivity contribution in [3.05, 3.63) is 56.8 Å². The van der Waals surface area contributed by atoms with E-state index in [0.717, 1.165) is 26.4 Å². The quantitative estimate of drug-likeness (QED) is 0.882. The molecule has 0 saturated heterocycles. The second kappa shape index (κ2) is 5.72. The van der Waals surface area contributed by atoms with E-state index in [-0.39, 0.29) is 0 Å². The van der Waals surface area contributed by atoms with Crippen LogP contribution < -0.4 is 5.32 Å². The molecule has 1 heterocycles. The molecule has 0 unspecified atom stereocenters. The molecule has 1 N–H and O–H groups in total. The summed E-state index contributed by atoms with van der Waals surface area (Å²) < 4.78 is 1.01. The summed E-state index contributed by atoms with van der Waals surface area (Å²) in [6, 6.07) is 7.94. The van der Waals surface area contributed by atoms with Gasteiger partial charge in [-0.15, -0.1) is 0 Å². The van der Waals surface area contributed by atoms with Gasteiger partial charge in [0.1, 0.15) is 0 Å². The van der Waals surface area contributed by atoms with Crippen molar-refractivity contribution in [2.24, 2.45) is 0 Å². The number of aromatic nitrogens is 1. The van der Waals surface area contributed by atoms with Gasteiger partial charge in [-0.05, 0) is 59.1 Å². The van der Waals surface area contributed by atoms with E-state index in [1.165, 1.54) is 5.56 Å². The van der Waals surface area contributed by atoms with Gasteiger partial charge in [0.15, 0.2) is 0 Å². The third kappa shape index (κ3) is 3.03. The predicted molar refractivity (Wildman–Crippen MR) is 80.2 cm³/mol. The lowest BCUT2D eigenvalue weighted by atomic mass is 10.2. The van der Waals surface area contributed by atoms with Crippen molar-refractivity contribution in [3.8, 4) is 0 Å². The van der Waals surface area contributed by atoms with Gasteiger partial charge < -0.3 is 5.32 Å². The normalized spacial score (nSPS) is 10.4. The lowest BCUT2D eigenvalue weighted by Crippen LogP contribution is -2.04. The Kier molecular flexibility index (Phi) is 4.25. The van der Waals surface area contributed by atoms with E-state index >= 15 is 0 Å². The Balaban J connectivity index is 2.16. The molecule has 94 valence electrons. The molecule has 4 heteroatoms. The Labute approximate surface area is 121 Å². The fourth-order valence-electron chi connectivity index (χ4n) is 1.66. The highest BCUT2D eigenvalue weighted by Crippen LogP contribution is 2.29.